The SMILES string of the molecule is COC(=O)c1cn2cc(C)nc2c(Br)n1.Cc1cn2cc(C(N)=O)nc(Br)c2n1. The Bertz CT molecular complexity index is 1250. The van der Waals surface area contributed by atoms with Gasteiger partial charge in [0.2, 0.25) is 0 Å². The second-order valence-corrected chi connectivity index (χ2v) is 7.42. The lowest BCUT2D eigenvalue weighted by Crippen LogP contribution is -2.14. The highest BCUT2D eigenvalue weighted by molar-refractivity contribution is 9.10. The van der Waals surface area contributed by atoms with E-state index in [1.165, 1.54) is 7.11 Å². The van der Waals surface area contributed by atoms with Gasteiger partial charge in [0, 0.05) is 24.8 Å². The van der Waals surface area contributed by atoms with Crippen LogP contribution in [0.5, 0.6) is 0 Å². The van der Waals surface area contributed by atoms with Gasteiger partial charge in [-0.05, 0) is 45.7 Å². The predicted molar refractivity (Wildman–Crippen MR) is 111 cm³/mol. The average Bonchev–Trinajstić information content (AvgIpc) is 3.23. The smallest absolute Gasteiger partial charge is 0.358 e. The van der Waals surface area contributed by atoms with Crippen LogP contribution in [0.4, 0.5) is 0 Å². The molecule has 4 aromatic heterocycles. The van der Waals surface area contributed by atoms with E-state index in [2.05, 4.69) is 56.5 Å². The summed E-state index contributed by atoms with van der Waals surface area (Å²) < 4.78 is 9.08. The molecule has 0 saturated heterocycles. The molecular weight excluding hydrogens is 510 g/mol. The number of amides is 1. The standard InChI is InChI=1S/C9H8BrN3O2.C8H7BrN4O/c1-5-3-13-4-6(9(14)15-2)12-7(10)8(13)11-5;1-4-2-13-3-5(7(10)14)12-6(9)8(13)11-4/h3-4H,1-2H3;2-3H,1H3,(H2,10,14). The van der Waals surface area contributed by atoms with E-state index in [4.69, 9.17) is 5.73 Å². The van der Waals surface area contributed by atoms with Crippen LogP contribution in [0.1, 0.15) is 32.4 Å². The van der Waals surface area contributed by atoms with Crippen molar-refractivity contribution in [2.24, 2.45) is 5.73 Å². The Balaban J connectivity index is 0.000000166. The number of fused-ring (bicyclic) bond motifs is 2. The van der Waals surface area contributed by atoms with Gasteiger partial charge >= 0.3 is 5.97 Å². The topological polar surface area (TPSA) is 130 Å². The van der Waals surface area contributed by atoms with Crippen molar-refractivity contribution in [1.29, 1.82) is 0 Å². The van der Waals surface area contributed by atoms with Crippen LogP contribution in [0.15, 0.2) is 34.0 Å². The van der Waals surface area contributed by atoms with Crippen molar-refractivity contribution in [1.82, 2.24) is 28.7 Å². The molecule has 2 N–H and O–H groups in total. The summed E-state index contributed by atoms with van der Waals surface area (Å²) in [7, 11) is 1.32. The Morgan fingerprint density at radius 2 is 1.31 bits per heavy atom. The molecule has 0 aromatic carbocycles. The van der Waals surface area contributed by atoms with Crippen LogP contribution in [-0.2, 0) is 4.74 Å². The fourth-order valence-corrected chi connectivity index (χ4v) is 3.46. The normalized spacial score (nSPS) is 10.7. The highest BCUT2D eigenvalue weighted by atomic mass is 79.9. The Labute approximate surface area is 181 Å². The lowest BCUT2D eigenvalue weighted by Gasteiger charge is -2.00. The molecule has 4 heterocycles. The van der Waals surface area contributed by atoms with Crippen molar-refractivity contribution in [2.75, 3.05) is 7.11 Å². The molecule has 0 bridgehead atoms. The third-order valence-corrected chi connectivity index (χ3v) is 4.75. The summed E-state index contributed by atoms with van der Waals surface area (Å²) in [5, 5.41) is 0. The zero-order chi connectivity index (χ0) is 21.3. The first kappa shape index (κ1) is 20.9. The molecule has 0 fully saturated rings. The number of imidazole rings is 2. The summed E-state index contributed by atoms with van der Waals surface area (Å²) in [6.07, 6.45) is 6.76. The maximum Gasteiger partial charge on any atom is 0.358 e. The lowest BCUT2D eigenvalue weighted by atomic mass is 10.4. The van der Waals surface area contributed by atoms with E-state index in [0.29, 0.717) is 20.5 Å². The lowest BCUT2D eigenvalue weighted by molar-refractivity contribution is 0.0593. The molecule has 29 heavy (non-hydrogen) atoms. The number of halogens is 2. The van der Waals surface area contributed by atoms with Crippen molar-refractivity contribution in [2.45, 2.75) is 13.8 Å². The van der Waals surface area contributed by atoms with Crippen molar-refractivity contribution in [3.05, 3.63) is 56.8 Å². The Morgan fingerprint density at radius 3 is 1.76 bits per heavy atom. The predicted octanol–water partition coefficient (Wildman–Crippen LogP) is 2.49. The number of hydrogen-bond acceptors (Lipinski definition) is 7. The molecule has 0 atom stereocenters. The first-order valence-corrected chi connectivity index (χ1v) is 9.70. The quantitative estimate of drug-likeness (QED) is 0.398. The van der Waals surface area contributed by atoms with Gasteiger partial charge in [-0.2, -0.15) is 0 Å². The van der Waals surface area contributed by atoms with E-state index >= 15 is 0 Å². The van der Waals surface area contributed by atoms with Crippen molar-refractivity contribution < 1.29 is 14.3 Å². The second kappa shape index (κ2) is 8.25. The number of primary amides is 1. The molecule has 12 heteroatoms. The second-order valence-electron chi connectivity index (χ2n) is 5.92. The molecule has 0 aliphatic rings. The molecular formula is C17H15Br2N7O3. The first-order chi connectivity index (χ1) is 13.7. The van der Waals surface area contributed by atoms with Gasteiger partial charge in [-0.1, -0.05) is 0 Å². The third kappa shape index (κ3) is 4.43. The fraction of sp³-hybridized carbons (Fsp3) is 0.176. The van der Waals surface area contributed by atoms with Crippen LogP contribution in [-0.4, -0.2) is 47.7 Å². The molecule has 0 unspecified atom stereocenters. The summed E-state index contributed by atoms with van der Waals surface area (Å²) in [6, 6.07) is 0. The van der Waals surface area contributed by atoms with Crippen LogP contribution < -0.4 is 5.73 Å². The van der Waals surface area contributed by atoms with Crippen LogP contribution in [0.25, 0.3) is 11.3 Å². The van der Waals surface area contributed by atoms with Gasteiger partial charge < -0.3 is 19.3 Å². The molecule has 1 amide bonds. The zero-order valence-electron chi connectivity index (χ0n) is 15.6. The number of hydrogen-bond donors (Lipinski definition) is 1. The van der Waals surface area contributed by atoms with Gasteiger partial charge in [0.1, 0.15) is 14.9 Å². The number of ether oxygens (including phenoxy) is 1. The molecule has 0 radical (unpaired) electrons. The zero-order valence-corrected chi connectivity index (χ0v) is 18.7. The largest absolute Gasteiger partial charge is 0.464 e. The number of esters is 1. The number of aryl methyl sites for hydroxylation is 2. The van der Waals surface area contributed by atoms with Crippen molar-refractivity contribution in [3.8, 4) is 0 Å². The van der Waals surface area contributed by atoms with E-state index in [1.807, 2.05) is 20.0 Å². The van der Waals surface area contributed by atoms with E-state index in [0.717, 1.165) is 11.4 Å². The van der Waals surface area contributed by atoms with Crippen molar-refractivity contribution >= 4 is 55.0 Å². The fourth-order valence-electron chi connectivity index (χ4n) is 2.49. The molecule has 0 aliphatic heterocycles. The maximum atomic E-state index is 11.3. The Kier molecular flexibility index (Phi) is 5.94. The molecule has 4 aromatic rings. The minimum atomic E-state index is -0.557. The first-order valence-electron chi connectivity index (χ1n) is 8.11. The van der Waals surface area contributed by atoms with Crippen molar-refractivity contribution in [3.63, 3.8) is 0 Å². The molecule has 0 aliphatic carbocycles. The van der Waals surface area contributed by atoms with Crippen LogP contribution in [0, 0.1) is 13.8 Å². The van der Waals surface area contributed by atoms with E-state index in [-0.39, 0.29) is 11.4 Å². The summed E-state index contributed by atoms with van der Waals surface area (Å²) in [5.41, 5.74) is 8.65. The molecule has 150 valence electrons. The highest BCUT2D eigenvalue weighted by Gasteiger charge is 2.12. The third-order valence-electron chi connectivity index (χ3n) is 3.68. The molecule has 0 spiro atoms. The maximum absolute atomic E-state index is 11.3. The number of aromatic nitrogens is 6. The number of nitrogens with two attached hydrogens (primary N) is 1. The minimum absolute atomic E-state index is 0.210. The van der Waals surface area contributed by atoms with E-state index in [1.54, 1.807) is 27.4 Å². The Hall–Kier alpha value is -2.86. The summed E-state index contributed by atoms with van der Waals surface area (Å²) in [5.74, 6) is -1.03. The summed E-state index contributed by atoms with van der Waals surface area (Å²) in [4.78, 5) is 38.7. The van der Waals surface area contributed by atoms with Crippen LogP contribution >= 0.6 is 31.9 Å². The number of methoxy groups -OCH3 is 1. The number of nitrogens with zero attached hydrogens (tertiary/aromatic N) is 6. The van der Waals surface area contributed by atoms with Gasteiger partial charge in [-0.3, -0.25) is 4.79 Å². The van der Waals surface area contributed by atoms with Crippen LogP contribution in [0.3, 0.4) is 0 Å². The van der Waals surface area contributed by atoms with E-state index < -0.39 is 11.9 Å². The van der Waals surface area contributed by atoms with Gasteiger partial charge in [-0.15, -0.1) is 0 Å². The summed E-state index contributed by atoms with van der Waals surface area (Å²) >= 11 is 6.48. The van der Waals surface area contributed by atoms with Crippen LogP contribution in [0.2, 0.25) is 0 Å². The van der Waals surface area contributed by atoms with Gasteiger partial charge in [0.15, 0.2) is 17.0 Å². The van der Waals surface area contributed by atoms with E-state index in [9.17, 15) is 9.59 Å². The molecule has 10 nitrogen and oxygen atoms in total. The number of carbonyl (C=O) groups is 2. The number of carbonyl (C=O) groups excluding carboxylic acids is 2. The van der Waals surface area contributed by atoms with Gasteiger partial charge in [-0.25, -0.2) is 24.7 Å². The van der Waals surface area contributed by atoms with Gasteiger partial charge in [0.25, 0.3) is 5.91 Å². The van der Waals surface area contributed by atoms with Gasteiger partial charge in [0.05, 0.1) is 18.5 Å². The number of rotatable bonds is 2. The average molecular weight is 525 g/mol. The monoisotopic (exact) mass is 523 g/mol. The highest BCUT2D eigenvalue weighted by Crippen LogP contribution is 2.17. The molecule has 0 saturated carbocycles. The molecule has 4 rings (SSSR count). The summed E-state index contributed by atoms with van der Waals surface area (Å²) in [6.45, 7) is 3.74. The minimum Gasteiger partial charge on any atom is -0.464 e. The Morgan fingerprint density at radius 1 is 0.862 bits per heavy atom.